The molecule has 1 heterocycles. The van der Waals surface area contributed by atoms with Gasteiger partial charge in [0.1, 0.15) is 5.75 Å². The zero-order chi connectivity index (χ0) is 15.8. The molecule has 0 radical (unpaired) electrons. The molecule has 1 aromatic rings. The van der Waals surface area contributed by atoms with Gasteiger partial charge in [0.05, 0.1) is 7.11 Å². The topological polar surface area (TPSA) is 70.7 Å². The Balaban J connectivity index is 1.64. The van der Waals surface area contributed by atoms with Crippen molar-refractivity contribution in [2.45, 2.75) is 25.8 Å². The van der Waals surface area contributed by atoms with E-state index in [4.69, 9.17) is 4.74 Å². The summed E-state index contributed by atoms with van der Waals surface area (Å²) in [7, 11) is 1.61. The zero-order valence-electron chi connectivity index (χ0n) is 12.9. The molecule has 0 saturated carbocycles. The smallest absolute Gasteiger partial charge is 0.315 e. The highest BCUT2D eigenvalue weighted by atomic mass is 16.5. The van der Waals surface area contributed by atoms with Gasteiger partial charge in [0.15, 0.2) is 0 Å². The molecule has 2 N–H and O–H groups in total. The molecule has 0 spiro atoms. The van der Waals surface area contributed by atoms with E-state index in [2.05, 4.69) is 10.6 Å². The van der Waals surface area contributed by atoms with Crippen molar-refractivity contribution in [3.05, 3.63) is 29.8 Å². The van der Waals surface area contributed by atoms with Gasteiger partial charge < -0.3 is 20.3 Å². The van der Waals surface area contributed by atoms with Crippen LogP contribution >= 0.6 is 0 Å². The highest BCUT2D eigenvalue weighted by molar-refractivity contribution is 5.78. The molecule has 0 aromatic heterocycles. The van der Waals surface area contributed by atoms with Gasteiger partial charge >= 0.3 is 6.03 Å². The van der Waals surface area contributed by atoms with Crippen LogP contribution in [0.5, 0.6) is 5.75 Å². The summed E-state index contributed by atoms with van der Waals surface area (Å²) < 4.78 is 5.13. The van der Waals surface area contributed by atoms with Crippen LogP contribution in [0.25, 0.3) is 0 Å². The number of ether oxygens (including phenoxy) is 1. The zero-order valence-corrected chi connectivity index (χ0v) is 12.9. The van der Waals surface area contributed by atoms with E-state index in [0.717, 1.165) is 37.2 Å². The number of benzene rings is 1. The van der Waals surface area contributed by atoms with Gasteiger partial charge in [-0.1, -0.05) is 12.1 Å². The molecule has 120 valence electrons. The van der Waals surface area contributed by atoms with Gasteiger partial charge in [-0.3, -0.25) is 4.79 Å². The van der Waals surface area contributed by atoms with Gasteiger partial charge in [-0.05, 0) is 30.5 Å². The van der Waals surface area contributed by atoms with E-state index < -0.39 is 0 Å². The predicted octanol–water partition coefficient (Wildman–Crippen LogP) is 1.51. The summed E-state index contributed by atoms with van der Waals surface area (Å²) in [5.41, 5.74) is 0.961. The number of urea groups is 1. The van der Waals surface area contributed by atoms with Crippen LogP contribution in [0, 0.1) is 0 Å². The molecular weight excluding hydrogens is 282 g/mol. The van der Waals surface area contributed by atoms with Crippen LogP contribution in [0.15, 0.2) is 24.3 Å². The number of carbonyl (C=O) groups excluding carboxylic acids is 2. The second-order valence-corrected chi connectivity index (χ2v) is 5.30. The average Bonchev–Trinajstić information content (AvgIpc) is 3.07. The largest absolute Gasteiger partial charge is 0.497 e. The number of methoxy groups -OCH3 is 1. The molecule has 1 aromatic carbocycles. The summed E-state index contributed by atoms with van der Waals surface area (Å²) in [5.74, 6) is 0.876. The summed E-state index contributed by atoms with van der Waals surface area (Å²) >= 11 is 0. The van der Waals surface area contributed by atoms with Crippen LogP contribution < -0.4 is 15.4 Å². The van der Waals surface area contributed by atoms with E-state index >= 15 is 0 Å². The predicted molar refractivity (Wildman–Crippen MR) is 83.7 cm³/mol. The Morgan fingerprint density at radius 2 is 2.00 bits per heavy atom. The third-order valence-electron chi connectivity index (χ3n) is 3.67. The molecule has 6 nitrogen and oxygen atoms in total. The molecule has 1 aliphatic heterocycles. The highest BCUT2D eigenvalue weighted by Gasteiger charge is 2.17. The fraction of sp³-hybridized carbons (Fsp3) is 0.500. The Bertz CT molecular complexity index is 513. The number of nitrogens with one attached hydrogen (secondary N) is 2. The lowest BCUT2D eigenvalue weighted by Crippen LogP contribution is -2.38. The molecule has 1 saturated heterocycles. The van der Waals surface area contributed by atoms with E-state index in [1.165, 1.54) is 0 Å². The van der Waals surface area contributed by atoms with Gasteiger partial charge in [0.2, 0.25) is 5.91 Å². The van der Waals surface area contributed by atoms with Crippen LogP contribution in [-0.4, -0.2) is 43.6 Å². The minimum atomic E-state index is -0.267. The van der Waals surface area contributed by atoms with Crippen LogP contribution in [0.4, 0.5) is 4.79 Å². The first kappa shape index (κ1) is 16.1. The molecule has 6 heteroatoms. The quantitative estimate of drug-likeness (QED) is 0.837. The summed E-state index contributed by atoms with van der Waals surface area (Å²) in [6.45, 7) is 2.48. The third kappa shape index (κ3) is 4.95. The summed E-state index contributed by atoms with van der Waals surface area (Å²) in [5, 5.41) is 5.47. The maximum atomic E-state index is 11.8. The number of amides is 3. The fourth-order valence-corrected chi connectivity index (χ4v) is 2.43. The van der Waals surface area contributed by atoms with E-state index in [-0.39, 0.29) is 11.9 Å². The van der Waals surface area contributed by atoms with Crippen molar-refractivity contribution < 1.29 is 14.3 Å². The Morgan fingerprint density at radius 1 is 1.23 bits per heavy atom. The maximum absolute atomic E-state index is 11.8. The van der Waals surface area contributed by atoms with Crippen LogP contribution in [-0.2, 0) is 11.3 Å². The number of rotatable bonds is 6. The summed E-state index contributed by atoms with van der Waals surface area (Å²) in [4.78, 5) is 25.4. The van der Waals surface area contributed by atoms with Crippen LogP contribution in [0.1, 0.15) is 24.8 Å². The Morgan fingerprint density at radius 3 is 2.73 bits per heavy atom. The number of likely N-dealkylation sites (tertiary alicyclic amines) is 1. The van der Waals surface area contributed by atoms with Crippen molar-refractivity contribution in [3.8, 4) is 5.75 Å². The Hall–Kier alpha value is -2.24. The van der Waals surface area contributed by atoms with Gasteiger partial charge in [0.25, 0.3) is 0 Å². The number of nitrogens with zero attached hydrogens (tertiary/aromatic N) is 1. The van der Waals surface area contributed by atoms with Crippen molar-refractivity contribution >= 4 is 11.9 Å². The number of carbonyl (C=O) groups is 2. The molecule has 0 atom stereocenters. The summed E-state index contributed by atoms with van der Waals surface area (Å²) in [6.07, 6.45) is 2.52. The van der Waals surface area contributed by atoms with Crippen molar-refractivity contribution in [1.82, 2.24) is 15.5 Å². The SMILES string of the molecule is COc1cccc(CNC(=O)NCCC(=O)N2CCCC2)c1. The van der Waals surface area contributed by atoms with Gasteiger partial charge in [-0.2, -0.15) is 0 Å². The molecular formula is C16H23N3O3. The lowest BCUT2D eigenvalue weighted by atomic mass is 10.2. The highest BCUT2D eigenvalue weighted by Crippen LogP contribution is 2.12. The average molecular weight is 305 g/mol. The first-order chi connectivity index (χ1) is 10.7. The lowest BCUT2D eigenvalue weighted by molar-refractivity contribution is -0.129. The van der Waals surface area contributed by atoms with Crippen molar-refractivity contribution in [2.75, 3.05) is 26.7 Å². The van der Waals surface area contributed by atoms with Crippen molar-refractivity contribution in [2.24, 2.45) is 0 Å². The molecule has 1 aliphatic rings. The number of hydrogen-bond acceptors (Lipinski definition) is 3. The lowest BCUT2D eigenvalue weighted by Gasteiger charge is -2.15. The minimum absolute atomic E-state index is 0.116. The second kappa shape index (κ2) is 8.26. The first-order valence-corrected chi connectivity index (χ1v) is 7.61. The van der Waals surface area contributed by atoms with Gasteiger partial charge in [-0.15, -0.1) is 0 Å². The monoisotopic (exact) mass is 305 g/mol. The molecule has 0 unspecified atom stereocenters. The van der Waals surface area contributed by atoms with E-state index in [0.29, 0.717) is 19.5 Å². The van der Waals surface area contributed by atoms with Gasteiger partial charge in [0, 0.05) is 32.6 Å². The van der Waals surface area contributed by atoms with Crippen LogP contribution in [0.2, 0.25) is 0 Å². The molecule has 22 heavy (non-hydrogen) atoms. The van der Waals surface area contributed by atoms with Crippen molar-refractivity contribution in [1.29, 1.82) is 0 Å². The second-order valence-electron chi connectivity index (χ2n) is 5.30. The van der Waals surface area contributed by atoms with E-state index in [1.807, 2.05) is 29.2 Å². The van der Waals surface area contributed by atoms with Crippen LogP contribution in [0.3, 0.4) is 0 Å². The molecule has 3 amide bonds. The van der Waals surface area contributed by atoms with Crippen molar-refractivity contribution in [3.63, 3.8) is 0 Å². The Labute approximate surface area is 130 Å². The Kier molecular flexibility index (Phi) is 6.06. The van der Waals surface area contributed by atoms with E-state index in [9.17, 15) is 9.59 Å². The molecule has 0 aliphatic carbocycles. The third-order valence-corrected chi connectivity index (χ3v) is 3.67. The standard InChI is InChI=1S/C16H23N3O3/c1-22-14-6-4-5-13(11-14)12-18-16(21)17-8-7-15(20)19-9-2-3-10-19/h4-6,11H,2-3,7-10,12H2,1H3,(H2,17,18,21). The maximum Gasteiger partial charge on any atom is 0.315 e. The van der Waals surface area contributed by atoms with Gasteiger partial charge in [-0.25, -0.2) is 4.79 Å². The minimum Gasteiger partial charge on any atom is -0.497 e. The number of hydrogen-bond donors (Lipinski definition) is 2. The first-order valence-electron chi connectivity index (χ1n) is 7.61. The molecule has 0 bridgehead atoms. The normalized spacial score (nSPS) is 13.8. The fourth-order valence-electron chi connectivity index (χ4n) is 2.43. The summed E-state index contributed by atoms with van der Waals surface area (Å²) in [6, 6.07) is 7.25. The molecule has 2 rings (SSSR count). The molecule has 1 fully saturated rings. The van der Waals surface area contributed by atoms with E-state index in [1.54, 1.807) is 7.11 Å².